The zero-order valence-electron chi connectivity index (χ0n) is 32.5. The Morgan fingerprint density at radius 3 is 1.58 bits per heavy atom. The highest BCUT2D eigenvalue weighted by molar-refractivity contribution is 5.91. The fourth-order valence-corrected chi connectivity index (χ4v) is 9.85. The van der Waals surface area contributed by atoms with Crippen LogP contribution in [0.25, 0.3) is 22.3 Å². The fraction of sp³-hybridized carbons (Fsp3) is 0.111. The van der Waals surface area contributed by atoms with Crippen LogP contribution in [0, 0.1) is 13.8 Å². The second kappa shape index (κ2) is 12.3. The van der Waals surface area contributed by atoms with Gasteiger partial charge in [0.25, 0.3) is 0 Å². The number of benzene rings is 8. The summed E-state index contributed by atoms with van der Waals surface area (Å²) in [4.78, 5) is 2.45. The predicted molar refractivity (Wildman–Crippen MR) is 232 cm³/mol. The van der Waals surface area contributed by atoms with Gasteiger partial charge in [-0.2, -0.15) is 0 Å². The van der Waals surface area contributed by atoms with E-state index >= 15 is 0 Å². The molecule has 0 radical (unpaired) electrons. The summed E-state index contributed by atoms with van der Waals surface area (Å²) in [7, 11) is 0. The molecule has 0 aromatic heterocycles. The molecule has 0 unspecified atom stereocenters. The number of anilines is 3. The van der Waals surface area contributed by atoms with Crippen molar-refractivity contribution in [3.63, 3.8) is 0 Å². The van der Waals surface area contributed by atoms with Gasteiger partial charge in [-0.3, -0.25) is 0 Å². The maximum Gasteiger partial charge on any atom is 0.132 e. The zero-order valence-corrected chi connectivity index (χ0v) is 32.5. The van der Waals surface area contributed by atoms with E-state index in [4.69, 9.17) is 9.47 Å². The van der Waals surface area contributed by atoms with Gasteiger partial charge in [-0.15, -0.1) is 0 Å². The molecule has 11 rings (SSSR count). The first-order chi connectivity index (χ1) is 27.8. The number of para-hydroxylation sites is 2. The number of nitrogens with zero attached hydrogens (tertiary/aromatic N) is 1. The summed E-state index contributed by atoms with van der Waals surface area (Å²) < 4.78 is 13.7. The lowest BCUT2D eigenvalue weighted by Crippen LogP contribution is -2.37. The molecule has 0 N–H and O–H groups in total. The van der Waals surface area contributed by atoms with Gasteiger partial charge in [-0.25, -0.2) is 0 Å². The minimum absolute atomic E-state index is 0.157. The summed E-state index contributed by atoms with van der Waals surface area (Å²) in [6, 6.07) is 63.9. The standard InChI is InChI=1S/C54H41NO2/c1-34-22-27-50-45(30-34)54(46-31-35(2)23-28-51(46)57-50)43-19-11-13-21-49(43)56-52-29-25-38(33-47(52)54)55(48-20-12-9-16-39(48)36-14-6-5-7-15-36)37-24-26-41-40-17-8-10-18-42(40)53(3,4)44(41)32-37/h5-33H,1-4H3. The molecule has 3 nitrogen and oxygen atoms in total. The molecule has 8 aromatic carbocycles. The Balaban J connectivity index is 1.21. The smallest absolute Gasteiger partial charge is 0.132 e. The van der Waals surface area contributed by atoms with E-state index in [2.05, 4.69) is 209 Å². The van der Waals surface area contributed by atoms with E-state index in [9.17, 15) is 0 Å². The van der Waals surface area contributed by atoms with Crippen LogP contribution in [-0.2, 0) is 10.8 Å². The second-order valence-electron chi connectivity index (χ2n) is 16.2. The van der Waals surface area contributed by atoms with E-state index in [0.29, 0.717) is 0 Å². The average molecular weight is 736 g/mol. The molecular formula is C54H41NO2. The first-order valence-corrected chi connectivity index (χ1v) is 19.8. The Morgan fingerprint density at radius 2 is 0.877 bits per heavy atom. The van der Waals surface area contributed by atoms with Crippen molar-refractivity contribution in [2.45, 2.75) is 38.5 Å². The van der Waals surface area contributed by atoms with Gasteiger partial charge < -0.3 is 14.4 Å². The third kappa shape index (κ3) is 4.85. The normalized spacial score (nSPS) is 14.5. The lowest BCUT2D eigenvalue weighted by atomic mass is 9.62. The minimum Gasteiger partial charge on any atom is -0.457 e. The largest absolute Gasteiger partial charge is 0.457 e. The topological polar surface area (TPSA) is 21.7 Å². The van der Waals surface area contributed by atoms with E-state index in [1.54, 1.807) is 0 Å². The summed E-state index contributed by atoms with van der Waals surface area (Å²) in [6.45, 7) is 9.03. The minimum atomic E-state index is -0.715. The number of hydrogen-bond donors (Lipinski definition) is 0. The molecule has 2 heterocycles. The van der Waals surface area contributed by atoms with Crippen molar-refractivity contribution >= 4 is 17.1 Å². The van der Waals surface area contributed by atoms with E-state index in [1.807, 2.05) is 0 Å². The quantitative estimate of drug-likeness (QED) is 0.180. The van der Waals surface area contributed by atoms with Crippen LogP contribution in [0.5, 0.6) is 23.0 Å². The van der Waals surface area contributed by atoms with Crippen LogP contribution in [-0.4, -0.2) is 0 Å². The molecule has 3 aliphatic rings. The van der Waals surface area contributed by atoms with Crippen LogP contribution < -0.4 is 14.4 Å². The first-order valence-electron chi connectivity index (χ1n) is 19.8. The number of ether oxygens (including phenoxy) is 2. The zero-order chi connectivity index (χ0) is 38.5. The molecule has 57 heavy (non-hydrogen) atoms. The van der Waals surface area contributed by atoms with Crippen LogP contribution >= 0.6 is 0 Å². The maximum absolute atomic E-state index is 6.90. The molecule has 1 spiro atoms. The second-order valence-corrected chi connectivity index (χ2v) is 16.2. The van der Waals surface area contributed by atoms with Crippen LogP contribution in [0.1, 0.15) is 58.4 Å². The fourth-order valence-electron chi connectivity index (χ4n) is 9.85. The molecule has 0 saturated carbocycles. The van der Waals surface area contributed by atoms with Gasteiger partial charge in [0.15, 0.2) is 0 Å². The Morgan fingerprint density at radius 1 is 0.386 bits per heavy atom. The van der Waals surface area contributed by atoms with Crippen molar-refractivity contribution in [2.24, 2.45) is 0 Å². The molecule has 3 heteroatoms. The Labute approximate surface area is 334 Å². The molecule has 0 amide bonds. The van der Waals surface area contributed by atoms with Crippen LogP contribution in [0.15, 0.2) is 176 Å². The molecule has 0 saturated heterocycles. The predicted octanol–water partition coefficient (Wildman–Crippen LogP) is 14.3. The lowest BCUT2D eigenvalue weighted by molar-refractivity contribution is 0.399. The van der Waals surface area contributed by atoms with Crippen LogP contribution in [0.2, 0.25) is 0 Å². The van der Waals surface area contributed by atoms with Gasteiger partial charge in [0.1, 0.15) is 23.0 Å². The van der Waals surface area contributed by atoms with Crippen molar-refractivity contribution in [3.05, 3.63) is 220 Å². The Bertz CT molecular complexity index is 2870. The van der Waals surface area contributed by atoms with Gasteiger partial charge in [0, 0.05) is 44.6 Å². The molecule has 0 bridgehead atoms. The number of rotatable bonds is 4. The molecule has 1 aliphatic carbocycles. The van der Waals surface area contributed by atoms with Crippen molar-refractivity contribution in [3.8, 4) is 45.3 Å². The highest BCUT2D eigenvalue weighted by Gasteiger charge is 2.51. The van der Waals surface area contributed by atoms with Crippen molar-refractivity contribution < 1.29 is 9.47 Å². The maximum atomic E-state index is 6.90. The monoisotopic (exact) mass is 735 g/mol. The van der Waals surface area contributed by atoms with Crippen molar-refractivity contribution in [1.29, 1.82) is 0 Å². The third-order valence-corrected chi connectivity index (χ3v) is 12.5. The van der Waals surface area contributed by atoms with E-state index in [-0.39, 0.29) is 5.41 Å². The lowest BCUT2D eigenvalue weighted by Gasteiger charge is -2.45. The SMILES string of the molecule is Cc1ccc2c(c1)C1(c3ccccc3Oc3ccc(N(c4ccc5c(c4)C(C)(C)c4ccccc4-5)c4ccccc4-c4ccccc4)cc31)c1cc(C)ccc1O2. The van der Waals surface area contributed by atoms with E-state index < -0.39 is 5.41 Å². The molecule has 2 aliphatic heterocycles. The van der Waals surface area contributed by atoms with Gasteiger partial charge in [0.2, 0.25) is 0 Å². The van der Waals surface area contributed by atoms with Gasteiger partial charge in [0.05, 0.1) is 11.1 Å². The number of aryl methyl sites for hydroxylation is 2. The van der Waals surface area contributed by atoms with Gasteiger partial charge >= 0.3 is 0 Å². The van der Waals surface area contributed by atoms with Crippen LogP contribution in [0.3, 0.4) is 0 Å². The Kier molecular flexibility index (Phi) is 7.25. The summed E-state index contributed by atoms with van der Waals surface area (Å²) in [5, 5.41) is 0. The molecular weight excluding hydrogens is 695 g/mol. The summed E-state index contributed by atoms with van der Waals surface area (Å²) in [6.07, 6.45) is 0. The van der Waals surface area contributed by atoms with Crippen molar-refractivity contribution in [2.75, 3.05) is 4.90 Å². The van der Waals surface area contributed by atoms with Gasteiger partial charge in [-0.05, 0) is 96.3 Å². The molecule has 274 valence electrons. The highest BCUT2D eigenvalue weighted by Crippen LogP contribution is 2.62. The number of fused-ring (bicyclic) bond motifs is 11. The highest BCUT2D eigenvalue weighted by atomic mass is 16.5. The summed E-state index contributed by atoms with van der Waals surface area (Å²) >= 11 is 0. The number of hydrogen-bond acceptors (Lipinski definition) is 3. The van der Waals surface area contributed by atoms with Crippen LogP contribution in [0.4, 0.5) is 17.1 Å². The van der Waals surface area contributed by atoms with E-state index in [1.165, 1.54) is 33.4 Å². The summed E-state index contributed by atoms with van der Waals surface area (Å²) in [5.74, 6) is 3.40. The average Bonchev–Trinajstić information content (AvgIpc) is 3.47. The third-order valence-electron chi connectivity index (χ3n) is 12.5. The summed E-state index contributed by atoms with van der Waals surface area (Å²) in [5.41, 5.74) is 16.8. The Hall–Kier alpha value is -6.84. The van der Waals surface area contributed by atoms with Crippen molar-refractivity contribution in [1.82, 2.24) is 0 Å². The van der Waals surface area contributed by atoms with Gasteiger partial charge in [-0.1, -0.05) is 146 Å². The molecule has 0 atom stereocenters. The van der Waals surface area contributed by atoms with E-state index in [0.717, 1.165) is 73.4 Å². The molecule has 0 fully saturated rings. The first kappa shape index (κ1) is 33.5. The molecule has 8 aromatic rings.